The molecule has 0 heterocycles. The molecule has 1 aromatic rings. The van der Waals surface area contributed by atoms with Crippen molar-refractivity contribution in [3.05, 3.63) is 34.4 Å². The topological polar surface area (TPSA) is 60.4 Å². The monoisotopic (exact) mass is 316 g/mol. The Balaban J connectivity index is 2.19. The van der Waals surface area contributed by atoms with E-state index in [4.69, 9.17) is 4.74 Å². The zero-order chi connectivity index (χ0) is 17.1. The molecule has 1 fully saturated rings. The molecule has 4 heteroatoms. The third-order valence-electron chi connectivity index (χ3n) is 4.58. The van der Waals surface area contributed by atoms with Crippen molar-refractivity contribution in [2.45, 2.75) is 47.0 Å². The minimum Gasteiger partial charge on any atom is -0.466 e. The summed E-state index contributed by atoms with van der Waals surface area (Å²) >= 11 is 0. The fourth-order valence-corrected chi connectivity index (χ4v) is 3.49. The van der Waals surface area contributed by atoms with Gasteiger partial charge in [-0.1, -0.05) is 17.7 Å². The average molecular weight is 316 g/mol. The first-order valence-electron chi connectivity index (χ1n) is 8.11. The molecule has 1 aliphatic rings. The van der Waals surface area contributed by atoms with Gasteiger partial charge in [0.25, 0.3) is 0 Å². The van der Waals surface area contributed by atoms with Gasteiger partial charge in [-0.15, -0.1) is 0 Å². The molecule has 0 N–H and O–H groups in total. The highest BCUT2D eigenvalue weighted by Gasteiger charge is 2.42. The van der Waals surface area contributed by atoms with Gasteiger partial charge in [-0.05, 0) is 44.4 Å². The number of hydrogen-bond donors (Lipinski definition) is 0. The van der Waals surface area contributed by atoms with Crippen LogP contribution in [0.3, 0.4) is 0 Å². The summed E-state index contributed by atoms with van der Waals surface area (Å²) in [6.45, 7) is 8.00. The number of ether oxygens (including phenoxy) is 1. The Kier molecular flexibility index (Phi) is 5.34. The van der Waals surface area contributed by atoms with Crippen molar-refractivity contribution < 1.29 is 19.1 Å². The van der Waals surface area contributed by atoms with Gasteiger partial charge >= 0.3 is 5.97 Å². The molecule has 1 saturated carbocycles. The van der Waals surface area contributed by atoms with Crippen molar-refractivity contribution in [2.75, 3.05) is 6.61 Å². The molecule has 124 valence electrons. The molecule has 2 rings (SSSR count). The van der Waals surface area contributed by atoms with Gasteiger partial charge in [-0.2, -0.15) is 0 Å². The van der Waals surface area contributed by atoms with Crippen LogP contribution in [0, 0.1) is 32.6 Å². The lowest BCUT2D eigenvalue weighted by atomic mass is 9.86. The molecular formula is C19H24O4. The second-order valence-electron chi connectivity index (χ2n) is 6.43. The maximum absolute atomic E-state index is 12.7. The second kappa shape index (κ2) is 7.07. The van der Waals surface area contributed by atoms with Gasteiger partial charge in [0.05, 0.1) is 12.5 Å². The lowest BCUT2D eigenvalue weighted by Gasteiger charge is -2.18. The first kappa shape index (κ1) is 17.4. The van der Waals surface area contributed by atoms with Gasteiger partial charge in [0.15, 0.2) is 0 Å². The van der Waals surface area contributed by atoms with Crippen LogP contribution >= 0.6 is 0 Å². The highest BCUT2D eigenvalue weighted by Crippen LogP contribution is 2.32. The second-order valence-corrected chi connectivity index (χ2v) is 6.43. The van der Waals surface area contributed by atoms with Crippen molar-refractivity contribution in [1.29, 1.82) is 0 Å². The van der Waals surface area contributed by atoms with Crippen LogP contribution in [-0.2, 0) is 25.5 Å². The number of ketones is 2. The smallest absolute Gasteiger partial charge is 0.310 e. The lowest BCUT2D eigenvalue weighted by molar-refractivity contribution is -0.151. The van der Waals surface area contributed by atoms with E-state index in [1.54, 1.807) is 6.92 Å². The molecule has 23 heavy (non-hydrogen) atoms. The quantitative estimate of drug-likeness (QED) is 0.784. The number of aryl methyl sites for hydroxylation is 3. The van der Waals surface area contributed by atoms with Crippen LogP contribution in [0.25, 0.3) is 0 Å². The molecule has 0 bridgehead atoms. The summed E-state index contributed by atoms with van der Waals surface area (Å²) in [5, 5.41) is 0. The van der Waals surface area contributed by atoms with Crippen LogP contribution in [0.1, 0.15) is 42.0 Å². The largest absolute Gasteiger partial charge is 0.466 e. The maximum Gasteiger partial charge on any atom is 0.310 e. The van der Waals surface area contributed by atoms with Crippen LogP contribution < -0.4 is 0 Å². The minimum absolute atomic E-state index is 0.0289. The SMILES string of the molecule is CCOC(=O)[C@@H]1CC(=O)C[C@H]1C(=O)Cc1c(C)cc(C)cc1C. The predicted octanol–water partition coefficient (Wildman–Crippen LogP) is 2.88. The molecule has 0 aromatic heterocycles. The van der Waals surface area contributed by atoms with Crippen molar-refractivity contribution in [3.63, 3.8) is 0 Å². The van der Waals surface area contributed by atoms with Crippen molar-refractivity contribution in [1.82, 2.24) is 0 Å². The molecule has 0 spiro atoms. The van der Waals surface area contributed by atoms with Gasteiger partial charge in [0.2, 0.25) is 0 Å². The number of rotatable bonds is 5. The fraction of sp³-hybridized carbons (Fsp3) is 0.526. The number of carbonyl (C=O) groups is 3. The van der Waals surface area contributed by atoms with E-state index >= 15 is 0 Å². The van der Waals surface area contributed by atoms with Crippen LogP contribution in [-0.4, -0.2) is 24.1 Å². The van der Waals surface area contributed by atoms with Crippen LogP contribution in [0.15, 0.2) is 12.1 Å². The molecule has 1 aliphatic carbocycles. The summed E-state index contributed by atoms with van der Waals surface area (Å²) in [6.07, 6.45) is 0.555. The molecule has 0 unspecified atom stereocenters. The van der Waals surface area contributed by atoms with Crippen LogP contribution in [0.4, 0.5) is 0 Å². The summed E-state index contributed by atoms with van der Waals surface area (Å²) in [5.74, 6) is -1.64. The molecule has 1 aromatic carbocycles. The van der Waals surface area contributed by atoms with Gasteiger partial charge < -0.3 is 4.74 Å². The number of esters is 1. The summed E-state index contributed by atoms with van der Waals surface area (Å²) in [4.78, 5) is 36.5. The van der Waals surface area contributed by atoms with E-state index < -0.39 is 17.8 Å². The minimum atomic E-state index is -0.610. The molecule has 2 atom stereocenters. The van der Waals surface area contributed by atoms with E-state index in [1.807, 2.05) is 20.8 Å². The summed E-state index contributed by atoms with van der Waals surface area (Å²) in [5.41, 5.74) is 4.32. The molecule has 4 nitrogen and oxygen atoms in total. The zero-order valence-corrected chi connectivity index (χ0v) is 14.3. The van der Waals surface area contributed by atoms with E-state index in [0.717, 1.165) is 22.3 Å². The Hall–Kier alpha value is -1.97. The van der Waals surface area contributed by atoms with Crippen molar-refractivity contribution in [2.24, 2.45) is 11.8 Å². The van der Waals surface area contributed by atoms with Crippen molar-refractivity contribution in [3.8, 4) is 0 Å². The Bertz CT molecular complexity index is 622. The van der Waals surface area contributed by atoms with Gasteiger partial charge in [0, 0.05) is 25.2 Å². The summed E-state index contributed by atoms with van der Waals surface area (Å²) < 4.78 is 5.02. The first-order chi connectivity index (χ1) is 10.8. The Morgan fingerprint density at radius 3 is 2.22 bits per heavy atom. The summed E-state index contributed by atoms with van der Waals surface area (Å²) in [6, 6.07) is 4.11. The van der Waals surface area contributed by atoms with Crippen LogP contribution in [0.2, 0.25) is 0 Å². The normalized spacial score (nSPS) is 20.6. The molecular weight excluding hydrogens is 292 g/mol. The lowest BCUT2D eigenvalue weighted by Crippen LogP contribution is -2.28. The average Bonchev–Trinajstić information content (AvgIpc) is 2.85. The number of hydrogen-bond acceptors (Lipinski definition) is 4. The Labute approximate surface area is 137 Å². The predicted molar refractivity (Wildman–Crippen MR) is 87.2 cm³/mol. The van der Waals surface area contributed by atoms with Gasteiger partial charge in [-0.25, -0.2) is 0 Å². The highest BCUT2D eigenvalue weighted by atomic mass is 16.5. The van der Waals surface area contributed by atoms with Gasteiger partial charge in [0.1, 0.15) is 11.6 Å². The third-order valence-corrected chi connectivity index (χ3v) is 4.58. The van der Waals surface area contributed by atoms with E-state index in [9.17, 15) is 14.4 Å². The molecule has 0 aliphatic heterocycles. The van der Waals surface area contributed by atoms with E-state index in [1.165, 1.54) is 0 Å². The fourth-order valence-electron chi connectivity index (χ4n) is 3.49. The molecule has 0 radical (unpaired) electrons. The zero-order valence-electron chi connectivity index (χ0n) is 14.3. The molecule has 0 saturated heterocycles. The first-order valence-corrected chi connectivity index (χ1v) is 8.11. The third kappa shape index (κ3) is 3.87. The summed E-state index contributed by atoms with van der Waals surface area (Å²) in [7, 11) is 0. The van der Waals surface area contributed by atoms with E-state index in [-0.39, 0.29) is 37.4 Å². The molecule has 0 amide bonds. The number of Topliss-reactive ketones (excluding diaryl/α,β-unsaturated/α-hetero) is 2. The number of carbonyl (C=O) groups excluding carboxylic acids is 3. The van der Waals surface area contributed by atoms with E-state index in [0.29, 0.717) is 0 Å². The standard InChI is InChI=1S/C19H24O4/c1-5-23-19(22)17-9-14(20)8-16(17)18(21)10-15-12(3)6-11(2)7-13(15)4/h6-7,16-17H,5,8-10H2,1-4H3/t16-,17-/m1/s1. The van der Waals surface area contributed by atoms with Crippen molar-refractivity contribution >= 4 is 17.5 Å². The van der Waals surface area contributed by atoms with Crippen LogP contribution in [0.5, 0.6) is 0 Å². The Morgan fingerprint density at radius 2 is 1.65 bits per heavy atom. The van der Waals surface area contributed by atoms with Gasteiger partial charge in [-0.3, -0.25) is 14.4 Å². The van der Waals surface area contributed by atoms with E-state index in [2.05, 4.69) is 12.1 Å². The highest BCUT2D eigenvalue weighted by molar-refractivity contribution is 5.98. The number of benzene rings is 1. The maximum atomic E-state index is 12.7. The Morgan fingerprint density at radius 1 is 1.09 bits per heavy atom.